The number of ether oxygens (including phenoxy) is 3. The molecular formula is C16H22N2O4. The summed E-state index contributed by atoms with van der Waals surface area (Å²) in [5, 5.41) is 3.24. The van der Waals surface area contributed by atoms with E-state index in [2.05, 4.69) is 5.32 Å². The van der Waals surface area contributed by atoms with Crippen LogP contribution in [0.2, 0.25) is 0 Å². The monoisotopic (exact) mass is 306 g/mol. The fraction of sp³-hybridized carbons (Fsp3) is 0.562. The Balaban J connectivity index is 1.64. The molecule has 3 rings (SSSR count). The summed E-state index contributed by atoms with van der Waals surface area (Å²) < 4.78 is 16.6. The number of carbonyl (C=O) groups excluding carboxylic acids is 1. The van der Waals surface area contributed by atoms with Crippen LogP contribution in [0.5, 0.6) is 11.5 Å². The highest BCUT2D eigenvalue weighted by Gasteiger charge is 2.22. The van der Waals surface area contributed by atoms with Gasteiger partial charge < -0.3 is 24.4 Å². The van der Waals surface area contributed by atoms with Crippen LogP contribution in [0, 0.1) is 0 Å². The first-order chi connectivity index (χ1) is 10.7. The number of anilines is 1. The van der Waals surface area contributed by atoms with Crippen molar-refractivity contribution in [2.75, 3.05) is 44.8 Å². The Morgan fingerprint density at radius 1 is 1.14 bits per heavy atom. The molecule has 0 aromatic heterocycles. The minimum Gasteiger partial charge on any atom is -0.490 e. The summed E-state index contributed by atoms with van der Waals surface area (Å²) >= 11 is 0. The largest absolute Gasteiger partial charge is 0.490 e. The van der Waals surface area contributed by atoms with Gasteiger partial charge in [0.1, 0.15) is 6.04 Å². The third-order valence-corrected chi connectivity index (χ3v) is 3.82. The number of amides is 1. The van der Waals surface area contributed by atoms with E-state index >= 15 is 0 Å². The van der Waals surface area contributed by atoms with Gasteiger partial charge in [-0.05, 0) is 19.1 Å². The molecule has 0 radical (unpaired) electrons. The predicted octanol–water partition coefficient (Wildman–Crippen LogP) is 1.51. The van der Waals surface area contributed by atoms with Gasteiger partial charge in [0.25, 0.3) is 0 Å². The number of fused-ring (bicyclic) bond motifs is 1. The SMILES string of the molecule is C[C@H](Nc1ccc2c(c1)OCCCO2)C(=O)N1CCOCC1. The van der Waals surface area contributed by atoms with Gasteiger partial charge in [0, 0.05) is 31.3 Å². The molecule has 0 spiro atoms. The van der Waals surface area contributed by atoms with Gasteiger partial charge in [-0.2, -0.15) is 0 Å². The molecule has 0 bridgehead atoms. The van der Waals surface area contributed by atoms with Crippen molar-refractivity contribution in [3.63, 3.8) is 0 Å². The van der Waals surface area contributed by atoms with E-state index in [1.165, 1.54) is 0 Å². The average molecular weight is 306 g/mol. The highest BCUT2D eigenvalue weighted by atomic mass is 16.5. The molecule has 22 heavy (non-hydrogen) atoms. The molecule has 0 unspecified atom stereocenters. The van der Waals surface area contributed by atoms with E-state index in [0.29, 0.717) is 39.5 Å². The van der Waals surface area contributed by atoms with E-state index < -0.39 is 0 Å². The van der Waals surface area contributed by atoms with Crippen molar-refractivity contribution in [3.8, 4) is 11.5 Å². The summed E-state index contributed by atoms with van der Waals surface area (Å²) in [4.78, 5) is 14.2. The van der Waals surface area contributed by atoms with Crippen LogP contribution < -0.4 is 14.8 Å². The number of benzene rings is 1. The summed E-state index contributed by atoms with van der Waals surface area (Å²) in [5.74, 6) is 1.58. The lowest BCUT2D eigenvalue weighted by Gasteiger charge is -2.29. The fourth-order valence-electron chi connectivity index (χ4n) is 2.62. The summed E-state index contributed by atoms with van der Waals surface area (Å²) in [7, 11) is 0. The first kappa shape index (κ1) is 15.0. The zero-order valence-corrected chi connectivity index (χ0v) is 12.8. The second-order valence-corrected chi connectivity index (χ2v) is 5.52. The molecule has 0 aliphatic carbocycles. The molecule has 1 N–H and O–H groups in total. The van der Waals surface area contributed by atoms with E-state index in [-0.39, 0.29) is 11.9 Å². The van der Waals surface area contributed by atoms with Crippen LogP contribution >= 0.6 is 0 Å². The number of carbonyl (C=O) groups is 1. The van der Waals surface area contributed by atoms with Gasteiger partial charge in [-0.15, -0.1) is 0 Å². The first-order valence-corrected chi connectivity index (χ1v) is 7.77. The van der Waals surface area contributed by atoms with Gasteiger partial charge in [-0.25, -0.2) is 0 Å². The van der Waals surface area contributed by atoms with E-state index in [4.69, 9.17) is 14.2 Å². The van der Waals surface area contributed by atoms with Crippen molar-refractivity contribution < 1.29 is 19.0 Å². The molecule has 1 aromatic carbocycles. The molecule has 2 heterocycles. The summed E-state index contributed by atoms with van der Waals surface area (Å²) in [6.45, 7) is 5.74. The molecule has 2 aliphatic rings. The van der Waals surface area contributed by atoms with Crippen molar-refractivity contribution in [1.82, 2.24) is 4.90 Å². The highest BCUT2D eigenvalue weighted by molar-refractivity contribution is 5.84. The van der Waals surface area contributed by atoms with Crippen molar-refractivity contribution in [3.05, 3.63) is 18.2 Å². The summed E-state index contributed by atoms with van der Waals surface area (Å²) in [6, 6.07) is 5.40. The molecule has 6 nitrogen and oxygen atoms in total. The summed E-state index contributed by atoms with van der Waals surface area (Å²) in [5.41, 5.74) is 0.860. The zero-order chi connectivity index (χ0) is 15.4. The molecule has 0 saturated carbocycles. The maximum atomic E-state index is 12.4. The van der Waals surface area contributed by atoms with Gasteiger partial charge in [0.05, 0.1) is 26.4 Å². The molecule has 1 fully saturated rings. The van der Waals surface area contributed by atoms with Crippen LogP contribution in [0.3, 0.4) is 0 Å². The Bertz CT molecular complexity index is 529. The van der Waals surface area contributed by atoms with Crippen LogP contribution in [0.25, 0.3) is 0 Å². The number of nitrogens with zero attached hydrogens (tertiary/aromatic N) is 1. The highest BCUT2D eigenvalue weighted by Crippen LogP contribution is 2.32. The fourth-order valence-corrected chi connectivity index (χ4v) is 2.62. The van der Waals surface area contributed by atoms with Crippen LogP contribution in [-0.2, 0) is 9.53 Å². The second-order valence-electron chi connectivity index (χ2n) is 5.52. The molecular weight excluding hydrogens is 284 g/mol. The number of hydrogen-bond donors (Lipinski definition) is 1. The van der Waals surface area contributed by atoms with Crippen LogP contribution in [-0.4, -0.2) is 56.4 Å². The maximum absolute atomic E-state index is 12.4. The lowest BCUT2D eigenvalue weighted by atomic mass is 10.2. The Morgan fingerprint density at radius 2 is 1.86 bits per heavy atom. The third-order valence-electron chi connectivity index (χ3n) is 3.82. The lowest BCUT2D eigenvalue weighted by Crippen LogP contribution is -2.46. The van der Waals surface area contributed by atoms with E-state index in [1.54, 1.807) is 0 Å². The molecule has 1 saturated heterocycles. The predicted molar refractivity (Wildman–Crippen MR) is 82.5 cm³/mol. The quantitative estimate of drug-likeness (QED) is 0.917. The van der Waals surface area contributed by atoms with Crippen molar-refractivity contribution in [1.29, 1.82) is 0 Å². The normalized spacial score (nSPS) is 19.2. The molecule has 2 aliphatic heterocycles. The van der Waals surface area contributed by atoms with Crippen LogP contribution in [0.15, 0.2) is 18.2 Å². The molecule has 1 atom stereocenters. The molecule has 1 aromatic rings. The minimum absolute atomic E-state index is 0.0930. The molecule has 6 heteroatoms. The smallest absolute Gasteiger partial charge is 0.244 e. The van der Waals surface area contributed by atoms with E-state index in [1.807, 2.05) is 30.0 Å². The van der Waals surface area contributed by atoms with Crippen molar-refractivity contribution in [2.45, 2.75) is 19.4 Å². The van der Waals surface area contributed by atoms with Crippen molar-refractivity contribution >= 4 is 11.6 Å². The standard InChI is InChI=1S/C16H22N2O4/c1-12(16(19)18-5-9-20-10-6-18)17-13-3-4-14-15(11-13)22-8-2-7-21-14/h3-4,11-12,17H,2,5-10H2,1H3/t12-/m0/s1. The number of hydrogen-bond acceptors (Lipinski definition) is 5. The number of rotatable bonds is 3. The van der Waals surface area contributed by atoms with Gasteiger partial charge in [0.15, 0.2) is 11.5 Å². The lowest BCUT2D eigenvalue weighted by molar-refractivity contribution is -0.135. The topological polar surface area (TPSA) is 60.0 Å². The van der Waals surface area contributed by atoms with E-state index in [9.17, 15) is 4.79 Å². The second kappa shape index (κ2) is 6.87. The summed E-state index contributed by atoms with van der Waals surface area (Å²) in [6.07, 6.45) is 0.878. The first-order valence-electron chi connectivity index (χ1n) is 7.77. The van der Waals surface area contributed by atoms with Crippen LogP contribution in [0.4, 0.5) is 5.69 Å². The zero-order valence-electron chi connectivity index (χ0n) is 12.8. The molecule has 1 amide bonds. The van der Waals surface area contributed by atoms with E-state index in [0.717, 1.165) is 23.6 Å². The Morgan fingerprint density at radius 3 is 2.64 bits per heavy atom. The van der Waals surface area contributed by atoms with Gasteiger partial charge in [0.2, 0.25) is 5.91 Å². The maximum Gasteiger partial charge on any atom is 0.244 e. The third kappa shape index (κ3) is 3.44. The van der Waals surface area contributed by atoms with Crippen molar-refractivity contribution in [2.24, 2.45) is 0 Å². The average Bonchev–Trinajstić information content (AvgIpc) is 2.79. The van der Waals surface area contributed by atoms with Gasteiger partial charge in [-0.3, -0.25) is 4.79 Å². The Labute approximate surface area is 130 Å². The minimum atomic E-state index is -0.289. The van der Waals surface area contributed by atoms with Gasteiger partial charge >= 0.3 is 0 Å². The number of morpholine rings is 1. The Kier molecular flexibility index (Phi) is 4.68. The Hall–Kier alpha value is -1.95. The molecule has 120 valence electrons. The van der Waals surface area contributed by atoms with Crippen LogP contribution in [0.1, 0.15) is 13.3 Å². The number of nitrogens with one attached hydrogen (secondary N) is 1. The van der Waals surface area contributed by atoms with Gasteiger partial charge in [-0.1, -0.05) is 0 Å².